The summed E-state index contributed by atoms with van der Waals surface area (Å²) >= 11 is 0. The molecular formula is C14H24N2O4. The Balaban J connectivity index is 2.03. The first-order chi connectivity index (χ1) is 9.26. The van der Waals surface area contributed by atoms with E-state index in [0.29, 0.717) is 13.0 Å². The molecule has 1 heterocycles. The average molecular weight is 284 g/mol. The molecule has 1 amide bonds. The number of aliphatic carboxylic acids is 1. The van der Waals surface area contributed by atoms with Gasteiger partial charge in [-0.05, 0) is 12.8 Å². The second kappa shape index (κ2) is 5.00. The summed E-state index contributed by atoms with van der Waals surface area (Å²) in [5.74, 6) is -1.69. The number of amides is 1. The average Bonchev–Trinajstić information content (AvgIpc) is 2.85. The summed E-state index contributed by atoms with van der Waals surface area (Å²) in [6, 6.07) is 0. The van der Waals surface area contributed by atoms with Gasteiger partial charge in [0.05, 0.1) is 12.0 Å². The molecule has 4 unspecified atom stereocenters. The zero-order valence-corrected chi connectivity index (χ0v) is 12.3. The number of hydrogen-bond donors (Lipinski definition) is 3. The molecule has 1 aliphatic heterocycles. The number of carboxylic acids is 1. The van der Waals surface area contributed by atoms with Gasteiger partial charge in [-0.15, -0.1) is 0 Å². The van der Waals surface area contributed by atoms with Crippen molar-refractivity contribution in [2.24, 2.45) is 23.0 Å². The molecule has 1 aliphatic carbocycles. The monoisotopic (exact) mass is 284 g/mol. The molecule has 0 spiro atoms. The molecule has 6 nitrogen and oxygen atoms in total. The molecule has 1 saturated carbocycles. The summed E-state index contributed by atoms with van der Waals surface area (Å²) in [7, 11) is 0. The predicted molar refractivity (Wildman–Crippen MR) is 73.0 cm³/mol. The van der Waals surface area contributed by atoms with E-state index in [1.165, 1.54) is 0 Å². The van der Waals surface area contributed by atoms with E-state index < -0.39 is 22.8 Å². The summed E-state index contributed by atoms with van der Waals surface area (Å²) in [6.45, 7) is 6.42. The van der Waals surface area contributed by atoms with Gasteiger partial charge < -0.3 is 20.9 Å². The van der Waals surface area contributed by atoms with Gasteiger partial charge >= 0.3 is 5.97 Å². The Morgan fingerprint density at radius 1 is 1.50 bits per heavy atom. The van der Waals surface area contributed by atoms with Crippen LogP contribution in [0.2, 0.25) is 0 Å². The molecule has 2 fully saturated rings. The second-order valence-corrected chi connectivity index (χ2v) is 6.43. The van der Waals surface area contributed by atoms with Gasteiger partial charge in [0.15, 0.2) is 0 Å². The Labute approximate surface area is 119 Å². The third kappa shape index (κ3) is 1.93. The zero-order valence-electron chi connectivity index (χ0n) is 12.3. The van der Waals surface area contributed by atoms with Gasteiger partial charge in [0.1, 0.15) is 5.54 Å². The highest BCUT2D eigenvalue weighted by atomic mass is 16.5. The van der Waals surface area contributed by atoms with Gasteiger partial charge in [0.2, 0.25) is 5.91 Å². The molecule has 114 valence electrons. The minimum atomic E-state index is -0.967. The van der Waals surface area contributed by atoms with Gasteiger partial charge in [-0.1, -0.05) is 20.8 Å². The topological polar surface area (TPSA) is 102 Å². The summed E-state index contributed by atoms with van der Waals surface area (Å²) < 4.78 is 5.64. The summed E-state index contributed by atoms with van der Waals surface area (Å²) in [6.07, 6.45) is 1.29. The van der Waals surface area contributed by atoms with Crippen LogP contribution < -0.4 is 11.1 Å². The van der Waals surface area contributed by atoms with Crippen molar-refractivity contribution < 1.29 is 19.4 Å². The van der Waals surface area contributed by atoms with Crippen molar-refractivity contribution in [2.75, 3.05) is 13.2 Å². The molecule has 2 rings (SSSR count). The Morgan fingerprint density at radius 2 is 2.15 bits per heavy atom. The molecule has 20 heavy (non-hydrogen) atoms. The molecule has 0 bridgehead atoms. The van der Waals surface area contributed by atoms with Gasteiger partial charge in [-0.2, -0.15) is 0 Å². The van der Waals surface area contributed by atoms with E-state index in [1.807, 2.05) is 13.8 Å². The Hall–Kier alpha value is -1.14. The van der Waals surface area contributed by atoms with Gasteiger partial charge in [-0.3, -0.25) is 9.59 Å². The molecule has 0 aromatic heterocycles. The van der Waals surface area contributed by atoms with Crippen LogP contribution in [0.4, 0.5) is 0 Å². The lowest BCUT2D eigenvalue weighted by Gasteiger charge is -2.60. The van der Waals surface area contributed by atoms with Crippen LogP contribution in [0.1, 0.15) is 33.6 Å². The summed E-state index contributed by atoms with van der Waals surface area (Å²) in [5, 5.41) is 11.7. The maximum absolute atomic E-state index is 12.5. The van der Waals surface area contributed by atoms with Crippen LogP contribution in [0.5, 0.6) is 0 Å². The van der Waals surface area contributed by atoms with Crippen molar-refractivity contribution in [3.8, 4) is 0 Å². The van der Waals surface area contributed by atoms with Crippen molar-refractivity contribution in [1.29, 1.82) is 0 Å². The number of nitrogens with two attached hydrogens (primary N) is 1. The van der Waals surface area contributed by atoms with Crippen LogP contribution >= 0.6 is 0 Å². The molecule has 4 atom stereocenters. The Kier molecular flexibility index (Phi) is 3.81. The lowest BCUT2D eigenvalue weighted by Crippen LogP contribution is -2.80. The van der Waals surface area contributed by atoms with E-state index in [0.717, 1.165) is 6.42 Å². The van der Waals surface area contributed by atoms with Crippen LogP contribution in [0.25, 0.3) is 0 Å². The number of nitrogens with one attached hydrogen (secondary N) is 1. The normalized spacial score (nSPS) is 35.8. The third-order valence-electron chi connectivity index (χ3n) is 5.18. The molecule has 6 heteroatoms. The molecule has 4 N–H and O–H groups in total. The van der Waals surface area contributed by atoms with E-state index in [-0.39, 0.29) is 24.5 Å². The number of carbonyl (C=O) groups excluding carboxylic acids is 1. The van der Waals surface area contributed by atoms with E-state index in [4.69, 9.17) is 15.6 Å². The standard InChI is InChI=1S/C14H24N2O4/c1-4-8(11(17)18)7-16-12(19)14(15)9-5-6-20-10(9)13(14,2)3/h8-10H,4-7,15H2,1-3H3,(H,16,19)(H,17,18). The maximum atomic E-state index is 12.5. The van der Waals surface area contributed by atoms with Crippen molar-refractivity contribution in [1.82, 2.24) is 5.32 Å². The minimum Gasteiger partial charge on any atom is -0.481 e. The Bertz CT molecular complexity index is 423. The highest BCUT2D eigenvalue weighted by Gasteiger charge is 2.71. The first kappa shape index (κ1) is 15.3. The maximum Gasteiger partial charge on any atom is 0.308 e. The fourth-order valence-electron chi connectivity index (χ4n) is 3.61. The first-order valence-electron chi connectivity index (χ1n) is 7.18. The zero-order chi connectivity index (χ0) is 15.1. The second-order valence-electron chi connectivity index (χ2n) is 6.43. The van der Waals surface area contributed by atoms with Crippen molar-refractivity contribution in [2.45, 2.75) is 45.3 Å². The number of carbonyl (C=O) groups is 2. The van der Waals surface area contributed by atoms with Crippen LogP contribution in [0.15, 0.2) is 0 Å². The lowest BCUT2D eigenvalue weighted by atomic mass is 9.48. The van der Waals surface area contributed by atoms with Gasteiger partial charge in [0, 0.05) is 24.5 Å². The van der Waals surface area contributed by atoms with E-state index >= 15 is 0 Å². The smallest absolute Gasteiger partial charge is 0.308 e. The van der Waals surface area contributed by atoms with Crippen LogP contribution in [0.3, 0.4) is 0 Å². The number of fused-ring (bicyclic) bond motifs is 1. The fourth-order valence-corrected chi connectivity index (χ4v) is 3.61. The highest BCUT2D eigenvalue weighted by Crippen LogP contribution is 2.58. The third-order valence-corrected chi connectivity index (χ3v) is 5.18. The van der Waals surface area contributed by atoms with Crippen LogP contribution in [-0.2, 0) is 14.3 Å². The van der Waals surface area contributed by atoms with Gasteiger partial charge in [0.25, 0.3) is 0 Å². The van der Waals surface area contributed by atoms with Gasteiger partial charge in [-0.25, -0.2) is 0 Å². The van der Waals surface area contributed by atoms with Crippen LogP contribution in [0, 0.1) is 17.3 Å². The number of hydrogen-bond acceptors (Lipinski definition) is 4. The first-order valence-corrected chi connectivity index (χ1v) is 7.18. The lowest BCUT2D eigenvalue weighted by molar-refractivity contribution is -0.175. The predicted octanol–water partition coefficient (Wildman–Crippen LogP) is 0.356. The van der Waals surface area contributed by atoms with Crippen molar-refractivity contribution >= 4 is 11.9 Å². The van der Waals surface area contributed by atoms with E-state index in [1.54, 1.807) is 6.92 Å². The fraction of sp³-hybridized carbons (Fsp3) is 0.857. The quantitative estimate of drug-likeness (QED) is 0.676. The SMILES string of the molecule is CCC(CNC(=O)C1(N)C2CCOC2C1(C)C)C(=O)O. The number of carboxylic acid groups (broad SMARTS) is 1. The molecule has 1 saturated heterocycles. The molecular weight excluding hydrogens is 260 g/mol. The molecule has 2 aliphatic rings. The largest absolute Gasteiger partial charge is 0.481 e. The van der Waals surface area contributed by atoms with Crippen molar-refractivity contribution in [3.05, 3.63) is 0 Å². The minimum absolute atomic E-state index is 0.0275. The van der Waals surface area contributed by atoms with E-state index in [2.05, 4.69) is 5.32 Å². The Morgan fingerprint density at radius 3 is 2.70 bits per heavy atom. The highest BCUT2D eigenvalue weighted by molar-refractivity contribution is 5.90. The van der Waals surface area contributed by atoms with Crippen LogP contribution in [-0.4, -0.2) is 41.8 Å². The summed E-state index contributed by atoms with van der Waals surface area (Å²) in [5.41, 5.74) is 4.98. The molecule has 0 radical (unpaired) electrons. The number of ether oxygens (including phenoxy) is 1. The molecule has 0 aromatic rings. The summed E-state index contributed by atoms with van der Waals surface area (Å²) in [4.78, 5) is 23.4. The molecule has 0 aromatic carbocycles. The van der Waals surface area contributed by atoms with E-state index in [9.17, 15) is 9.59 Å². The number of rotatable bonds is 5. The van der Waals surface area contributed by atoms with Crippen molar-refractivity contribution in [3.63, 3.8) is 0 Å².